The number of hydrogen-bond acceptors (Lipinski definition) is 4. The maximum Gasteiger partial charge on any atom is 0.284 e. The van der Waals surface area contributed by atoms with Crippen LogP contribution in [0.1, 0.15) is 23.7 Å². The minimum absolute atomic E-state index is 0.0962. The SMILES string of the molecule is CCN(CC1CCOC1)C(=O)c1cccc([N+](=O)[O-])c1Br. The Morgan fingerprint density at radius 3 is 2.90 bits per heavy atom. The van der Waals surface area contributed by atoms with E-state index in [0.717, 1.165) is 13.0 Å². The van der Waals surface area contributed by atoms with Gasteiger partial charge in [0.2, 0.25) is 0 Å². The second-order valence-corrected chi connectivity index (χ2v) is 5.76. The van der Waals surface area contributed by atoms with Crippen LogP contribution in [0.5, 0.6) is 0 Å². The molecule has 0 spiro atoms. The summed E-state index contributed by atoms with van der Waals surface area (Å²) < 4.78 is 5.56. The van der Waals surface area contributed by atoms with Crippen molar-refractivity contribution in [1.29, 1.82) is 0 Å². The Labute approximate surface area is 131 Å². The van der Waals surface area contributed by atoms with Crippen molar-refractivity contribution in [1.82, 2.24) is 4.90 Å². The van der Waals surface area contributed by atoms with Crippen molar-refractivity contribution in [2.45, 2.75) is 13.3 Å². The Morgan fingerprint density at radius 2 is 2.33 bits per heavy atom. The summed E-state index contributed by atoms with van der Waals surface area (Å²) >= 11 is 3.18. The highest BCUT2D eigenvalue weighted by molar-refractivity contribution is 9.10. The molecule has 1 aliphatic heterocycles. The maximum absolute atomic E-state index is 12.6. The second kappa shape index (κ2) is 7.00. The molecule has 1 unspecified atom stereocenters. The van der Waals surface area contributed by atoms with Crippen LogP contribution < -0.4 is 0 Å². The largest absolute Gasteiger partial charge is 0.381 e. The minimum atomic E-state index is -0.498. The van der Waals surface area contributed by atoms with Crippen molar-refractivity contribution >= 4 is 27.5 Å². The minimum Gasteiger partial charge on any atom is -0.381 e. The van der Waals surface area contributed by atoms with Crippen LogP contribution in [0.4, 0.5) is 5.69 Å². The molecule has 1 saturated heterocycles. The first-order valence-corrected chi connectivity index (χ1v) is 7.63. The van der Waals surface area contributed by atoms with E-state index in [9.17, 15) is 14.9 Å². The number of rotatable bonds is 5. The monoisotopic (exact) mass is 356 g/mol. The van der Waals surface area contributed by atoms with Gasteiger partial charge in [-0.15, -0.1) is 0 Å². The standard InChI is InChI=1S/C14H17BrN2O4/c1-2-16(8-10-6-7-21-9-10)14(18)11-4-3-5-12(13(11)15)17(19)20/h3-5,10H,2,6-9H2,1H3. The van der Waals surface area contributed by atoms with Crippen LogP contribution in [0.3, 0.4) is 0 Å². The van der Waals surface area contributed by atoms with Crippen LogP contribution in [0.15, 0.2) is 22.7 Å². The number of carbonyl (C=O) groups excluding carboxylic acids is 1. The van der Waals surface area contributed by atoms with E-state index in [1.165, 1.54) is 12.1 Å². The quantitative estimate of drug-likeness (QED) is 0.600. The molecule has 0 radical (unpaired) electrons. The molecule has 1 fully saturated rings. The number of halogens is 1. The van der Waals surface area contributed by atoms with E-state index < -0.39 is 4.92 Å². The average Bonchev–Trinajstić information content (AvgIpc) is 2.97. The lowest BCUT2D eigenvalue weighted by atomic mass is 10.1. The van der Waals surface area contributed by atoms with Gasteiger partial charge in [0, 0.05) is 31.7 Å². The second-order valence-electron chi connectivity index (χ2n) is 4.97. The van der Waals surface area contributed by atoms with E-state index in [2.05, 4.69) is 15.9 Å². The first kappa shape index (κ1) is 15.9. The molecule has 0 N–H and O–H groups in total. The summed E-state index contributed by atoms with van der Waals surface area (Å²) in [6.07, 6.45) is 0.944. The van der Waals surface area contributed by atoms with Gasteiger partial charge in [-0.05, 0) is 35.3 Å². The van der Waals surface area contributed by atoms with Crippen molar-refractivity contribution in [2.24, 2.45) is 5.92 Å². The molecule has 1 aromatic rings. The Bertz CT molecular complexity index is 544. The van der Waals surface area contributed by atoms with E-state index in [0.29, 0.717) is 31.2 Å². The molecule has 114 valence electrons. The van der Waals surface area contributed by atoms with E-state index in [1.807, 2.05) is 6.92 Å². The molecule has 21 heavy (non-hydrogen) atoms. The third-order valence-electron chi connectivity index (χ3n) is 3.58. The van der Waals surface area contributed by atoms with Gasteiger partial charge < -0.3 is 9.64 Å². The van der Waals surface area contributed by atoms with Gasteiger partial charge in [0.15, 0.2) is 0 Å². The Morgan fingerprint density at radius 1 is 1.57 bits per heavy atom. The van der Waals surface area contributed by atoms with Gasteiger partial charge in [-0.3, -0.25) is 14.9 Å². The van der Waals surface area contributed by atoms with Gasteiger partial charge in [-0.25, -0.2) is 0 Å². The zero-order chi connectivity index (χ0) is 15.4. The summed E-state index contributed by atoms with van der Waals surface area (Å²) in [5.74, 6) is 0.145. The first-order chi connectivity index (χ1) is 10.0. The van der Waals surface area contributed by atoms with E-state index in [-0.39, 0.29) is 16.1 Å². The Balaban J connectivity index is 2.20. The van der Waals surface area contributed by atoms with E-state index >= 15 is 0 Å². The Hall–Kier alpha value is -1.47. The van der Waals surface area contributed by atoms with E-state index in [4.69, 9.17) is 4.74 Å². The highest BCUT2D eigenvalue weighted by Crippen LogP contribution is 2.29. The molecule has 1 aliphatic rings. The van der Waals surface area contributed by atoms with Crippen LogP contribution in [0.25, 0.3) is 0 Å². The molecule has 2 rings (SSSR count). The number of amides is 1. The van der Waals surface area contributed by atoms with Gasteiger partial charge in [0.05, 0.1) is 17.1 Å². The zero-order valence-corrected chi connectivity index (χ0v) is 13.3. The van der Waals surface area contributed by atoms with Crippen LogP contribution in [-0.2, 0) is 4.74 Å². The van der Waals surface area contributed by atoms with Crippen LogP contribution in [0, 0.1) is 16.0 Å². The average molecular weight is 357 g/mol. The molecule has 1 atom stereocenters. The summed E-state index contributed by atoms with van der Waals surface area (Å²) in [5.41, 5.74) is 0.228. The summed E-state index contributed by atoms with van der Waals surface area (Å²) in [6, 6.07) is 4.51. The first-order valence-electron chi connectivity index (χ1n) is 6.84. The van der Waals surface area contributed by atoms with Crippen molar-refractivity contribution in [3.63, 3.8) is 0 Å². The third kappa shape index (κ3) is 3.59. The van der Waals surface area contributed by atoms with E-state index in [1.54, 1.807) is 11.0 Å². The third-order valence-corrected chi connectivity index (χ3v) is 4.41. The van der Waals surface area contributed by atoms with Gasteiger partial charge in [-0.2, -0.15) is 0 Å². The number of carbonyl (C=O) groups is 1. The molecule has 7 heteroatoms. The zero-order valence-electron chi connectivity index (χ0n) is 11.8. The fourth-order valence-electron chi connectivity index (χ4n) is 2.39. The summed E-state index contributed by atoms with van der Waals surface area (Å²) in [5, 5.41) is 10.9. The number of ether oxygens (including phenoxy) is 1. The summed E-state index contributed by atoms with van der Waals surface area (Å²) in [7, 11) is 0. The fraction of sp³-hybridized carbons (Fsp3) is 0.500. The van der Waals surface area contributed by atoms with Gasteiger partial charge in [0.1, 0.15) is 4.47 Å². The topological polar surface area (TPSA) is 72.7 Å². The number of nitro groups is 1. The molecule has 0 aromatic heterocycles. The predicted octanol–water partition coefficient (Wildman–Crippen LogP) is 2.86. The molecule has 6 nitrogen and oxygen atoms in total. The lowest BCUT2D eigenvalue weighted by molar-refractivity contribution is -0.385. The van der Waals surface area contributed by atoms with Gasteiger partial charge in [0.25, 0.3) is 11.6 Å². The van der Waals surface area contributed by atoms with Crippen molar-refractivity contribution in [3.8, 4) is 0 Å². The maximum atomic E-state index is 12.6. The smallest absolute Gasteiger partial charge is 0.284 e. The molecule has 1 heterocycles. The van der Waals surface area contributed by atoms with Gasteiger partial charge in [-0.1, -0.05) is 6.07 Å². The summed E-state index contributed by atoms with van der Waals surface area (Å²) in [4.78, 5) is 24.8. The lowest BCUT2D eigenvalue weighted by Crippen LogP contribution is -2.35. The van der Waals surface area contributed by atoms with Gasteiger partial charge >= 0.3 is 0 Å². The van der Waals surface area contributed by atoms with Crippen LogP contribution >= 0.6 is 15.9 Å². The Kier molecular flexibility index (Phi) is 5.30. The molecule has 0 bridgehead atoms. The predicted molar refractivity (Wildman–Crippen MR) is 81.3 cm³/mol. The highest BCUT2D eigenvalue weighted by atomic mass is 79.9. The van der Waals surface area contributed by atoms with Crippen LogP contribution in [0.2, 0.25) is 0 Å². The lowest BCUT2D eigenvalue weighted by Gasteiger charge is -2.24. The molecule has 1 amide bonds. The number of nitrogens with zero attached hydrogens (tertiary/aromatic N) is 2. The number of benzene rings is 1. The molecular weight excluding hydrogens is 340 g/mol. The molecule has 0 saturated carbocycles. The summed E-state index contributed by atoms with van der Waals surface area (Å²) in [6.45, 7) is 4.48. The molecule has 1 aromatic carbocycles. The molecule has 0 aliphatic carbocycles. The highest BCUT2D eigenvalue weighted by Gasteiger charge is 2.26. The van der Waals surface area contributed by atoms with Crippen molar-refractivity contribution < 1.29 is 14.5 Å². The normalized spacial score (nSPS) is 17.7. The van der Waals surface area contributed by atoms with Crippen LogP contribution in [-0.4, -0.2) is 42.0 Å². The van der Waals surface area contributed by atoms with Crippen molar-refractivity contribution in [3.05, 3.63) is 38.3 Å². The number of nitro benzene ring substituents is 1. The number of hydrogen-bond donors (Lipinski definition) is 0. The molecular formula is C14H17BrN2O4. The van der Waals surface area contributed by atoms with Crippen molar-refractivity contribution in [2.75, 3.05) is 26.3 Å². The fourth-order valence-corrected chi connectivity index (χ4v) is 2.97.